The van der Waals surface area contributed by atoms with Gasteiger partial charge in [-0.2, -0.15) is 5.10 Å². The molecule has 0 aromatic carbocycles. The van der Waals surface area contributed by atoms with Crippen LogP contribution in [0.25, 0.3) is 5.52 Å². The molecule has 3 rings (SSSR count). The zero-order valence-electron chi connectivity index (χ0n) is 7.07. The summed E-state index contributed by atoms with van der Waals surface area (Å²) in [7, 11) is 0. The van der Waals surface area contributed by atoms with Crippen molar-refractivity contribution >= 4 is 28.1 Å². The molecule has 0 radical (unpaired) electrons. The van der Waals surface area contributed by atoms with Crippen LogP contribution in [0.4, 0.5) is 0 Å². The SMILES string of the molecule is Ic1cnn2cccc(C3CC3)c12. The van der Waals surface area contributed by atoms with Crippen LogP contribution in [-0.2, 0) is 0 Å². The van der Waals surface area contributed by atoms with E-state index in [4.69, 9.17) is 0 Å². The second-order valence-corrected chi connectivity index (χ2v) is 4.69. The summed E-state index contributed by atoms with van der Waals surface area (Å²) >= 11 is 2.36. The lowest BCUT2D eigenvalue weighted by molar-refractivity contribution is 0.945. The van der Waals surface area contributed by atoms with E-state index in [1.165, 1.54) is 27.5 Å². The molecule has 1 aliphatic rings. The van der Waals surface area contributed by atoms with Crippen molar-refractivity contribution in [3.05, 3.63) is 33.7 Å². The Hall–Kier alpha value is -0.580. The van der Waals surface area contributed by atoms with Crippen LogP contribution < -0.4 is 0 Å². The molecule has 2 heterocycles. The van der Waals surface area contributed by atoms with Crippen LogP contribution in [0, 0.1) is 3.57 Å². The van der Waals surface area contributed by atoms with Gasteiger partial charge in [-0.3, -0.25) is 0 Å². The number of hydrogen-bond acceptors (Lipinski definition) is 1. The van der Waals surface area contributed by atoms with Gasteiger partial charge in [-0.15, -0.1) is 0 Å². The van der Waals surface area contributed by atoms with Gasteiger partial charge in [0, 0.05) is 6.20 Å². The van der Waals surface area contributed by atoms with Crippen molar-refractivity contribution in [3.63, 3.8) is 0 Å². The molecule has 3 heteroatoms. The van der Waals surface area contributed by atoms with Crippen LogP contribution in [0.15, 0.2) is 24.5 Å². The van der Waals surface area contributed by atoms with Gasteiger partial charge in [-0.1, -0.05) is 6.07 Å². The van der Waals surface area contributed by atoms with E-state index in [9.17, 15) is 0 Å². The lowest BCUT2D eigenvalue weighted by Gasteiger charge is -2.01. The van der Waals surface area contributed by atoms with Crippen LogP contribution in [0.1, 0.15) is 24.3 Å². The number of rotatable bonds is 1. The normalized spacial score (nSPS) is 16.7. The first-order valence-electron chi connectivity index (χ1n) is 4.48. The third-order valence-electron chi connectivity index (χ3n) is 2.54. The minimum atomic E-state index is 0.800. The number of nitrogens with zero attached hydrogens (tertiary/aromatic N) is 2. The summed E-state index contributed by atoms with van der Waals surface area (Å²) in [4.78, 5) is 0. The van der Waals surface area contributed by atoms with Crippen molar-refractivity contribution in [2.24, 2.45) is 0 Å². The second kappa shape index (κ2) is 2.70. The molecule has 0 N–H and O–H groups in total. The monoisotopic (exact) mass is 284 g/mol. The van der Waals surface area contributed by atoms with Crippen molar-refractivity contribution in [1.29, 1.82) is 0 Å². The largest absolute Gasteiger partial charge is 0.240 e. The van der Waals surface area contributed by atoms with E-state index in [-0.39, 0.29) is 0 Å². The molecule has 0 aliphatic heterocycles. The second-order valence-electron chi connectivity index (χ2n) is 3.52. The van der Waals surface area contributed by atoms with Gasteiger partial charge in [-0.25, -0.2) is 4.52 Å². The van der Waals surface area contributed by atoms with Gasteiger partial charge in [0.15, 0.2) is 0 Å². The lowest BCUT2D eigenvalue weighted by Crippen LogP contribution is -1.90. The number of hydrogen-bond donors (Lipinski definition) is 0. The van der Waals surface area contributed by atoms with E-state index in [2.05, 4.69) is 39.8 Å². The first-order chi connectivity index (χ1) is 6.36. The highest BCUT2D eigenvalue weighted by molar-refractivity contribution is 14.1. The Morgan fingerprint density at radius 3 is 3.08 bits per heavy atom. The molecule has 66 valence electrons. The van der Waals surface area contributed by atoms with Crippen LogP contribution >= 0.6 is 22.6 Å². The molecule has 2 nitrogen and oxygen atoms in total. The van der Waals surface area contributed by atoms with Crippen molar-refractivity contribution in [2.75, 3.05) is 0 Å². The minimum Gasteiger partial charge on any atom is -0.240 e. The molecule has 1 saturated carbocycles. The quantitative estimate of drug-likeness (QED) is 0.736. The molecule has 0 unspecified atom stereocenters. The van der Waals surface area contributed by atoms with E-state index >= 15 is 0 Å². The maximum atomic E-state index is 4.30. The summed E-state index contributed by atoms with van der Waals surface area (Å²) < 4.78 is 3.25. The van der Waals surface area contributed by atoms with Gasteiger partial charge in [-0.05, 0) is 53.0 Å². The van der Waals surface area contributed by atoms with Gasteiger partial charge in [0.1, 0.15) is 0 Å². The molecular formula is C10H9IN2. The first-order valence-corrected chi connectivity index (χ1v) is 5.56. The Labute approximate surface area is 90.1 Å². The van der Waals surface area contributed by atoms with Crippen LogP contribution in [0.3, 0.4) is 0 Å². The highest BCUT2D eigenvalue weighted by Gasteiger charge is 2.26. The molecule has 1 fully saturated rings. The molecule has 0 saturated heterocycles. The van der Waals surface area contributed by atoms with E-state index in [0.29, 0.717) is 0 Å². The summed E-state index contributed by atoms with van der Waals surface area (Å²) in [5, 5.41) is 4.30. The van der Waals surface area contributed by atoms with E-state index < -0.39 is 0 Å². The summed E-state index contributed by atoms with van der Waals surface area (Å²) in [6, 6.07) is 4.32. The average molecular weight is 284 g/mol. The Balaban J connectivity index is 2.36. The zero-order valence-corrected chi connectivity index (χ0v) is 9.23. The van der Waals surface area contributed by atoms with Gasteiger partial charge in [0.05, 0.1) is 15.3 Å². The molecule has 0 atom stereocenters. The third kappa shape index (κ3) is 1.17. The Kier molecular flexibility index (Phi) is 1.62. The van der Waals surface area contributed by atoms with Gasteiger partial charge >= 0.3 is 0 Å². The minimum absolute atomic E-state index is 0.800. The number of pyridine rings is 1. The predicted molar refractivity (Wildman–Crippen MR) is 59.9 cm³/mol. The molecule has 2 aromatic heterocycles. The van der Waals surface area contributed by atoms with E-state index in [1.807, 2.05) is 16.9 Å². The third-order valence-corrected chi connectivity index (χ3v) is 3.33. The topological polar surface area (TPSA) is 17.3 Å². The summed E-state index contributed by atoms with van der Waals surface area (Å²) in [5.74, 6) is 0.800. The zero-order chi connectivity index (χ0) is 8.84. The fourth-order valence-electron chi connectivity index (χ4n) is 1.76. The Morgan fingerprint density at radius 2 is 2.31 bits per heavy atom. The van der Waals surface area contributed by atoms with Crippen LogP contribution in [0.2, 0.25) is 0 Å². The predicted octanol–water partition coefficient (Wildman–Crippen LogP) is 2.82. The standard InChI is InChI=1S/C10H9IN2/c11-9-6-12-13-5-1-2-8(10(9)13)7-3-4-7/h1-2,5-7H,3-4H2. The Bertz CT molecular complexity index is 457. The number of halogens is 1. The molecule has 2 aromatic rings. The molecule has 0 spiro atoms. The van der Waals surface area contributed by atoms with Crippen molar-refractivity contribution in [1.82, 2.24) is 9.61 Å². The molecular weight excluding hydrogens is 275 g/mol. The van der Waals surface area contributed by atoms with E-state index in [0.717, 1.165) is 5.92 Å². The van der Waals surface area contributed by atoms with Crippen LogP contribution in [0.5, 0.6) is 0 Å². The fraction of sp³-hybridized carbons (Fsp3) is 0.300. The Morgan fingerprint density at radius 1 is 1.46 bits per heavy atom. The smallest absolute Gasteiger partial charge is 0.0829 e. The molecule has 0 bridgehead atoms. The fourth-order valence-corrected chi connectivity index (χ4v) is 2.44. The average Bonchev–Trinajstić information content (AvgIpc) is 2.92. The van der Waals surface area contributed by atoms with E-state index in [1.54, 1.807) is 0 Å². The molecule has 1 aliphatic carbocycles. The van der Waals surface area contributed by atoms with Crippen LogP contribution in [-0.4, -0.2) is 9.61 Å². The summed E-state index contributed by atoms with van der Waals surface area (Å²) in [5.41, 5.74) is 2.79. The maximum absolute atomic E-state index is 4.30. The lowest BCUT2D eigenvalue weighted by atomic mass is 10.1. The van der Waals surface area contributed by atoms with Crippen molar-refractivity contribution in [3.8, 4) is 0 Å². The van der Waals surface area contributed by atoms with Gasteiger partial charge < -0.3 is 0 Å². The van der Waals surface area contributed by atoms with Gasteiger partial charge in [0.25, 0.3) is 0 Å². The highest BCUT2D eigenvalue weighted by Crippen LogP contribution is 2.42. The summed E-state index contributed by atoms with van der Waals surface area (Å²) in [6.07, 6.45) is 6.65. The molecule has 13 heavy (non-hydrogen) atoms. The first kappa shape index (κ1) is 7.79. The number of aromatic nitrogens is 2. The number of fused-ring (bicyclic) bond motifs is 1. The van der Waals surface area contributed by atoms with Crippen molar-refractivity contribution < 1.29 is 0 Å². The van der Waals surface area contributed by atoms with Crippen molar-refractivity contribution in [2.45, 2.75) is 18.8 Å². The summed E-state index contributed by atoms with van der Waals surface area (Å²) in [6.45, 7) is 0. The highest BCUT2D eigenvalue weighted by atomic mass is 127. The molecule has 0 amide bonds. The van der Waals surface area contributed by atoms with Gasteiger partial charge in [0.2, 0.25) is 0 Å². The maximum Gasteiger partial charge on any atom is 0.0829 e.